The number of nitrogens with zero attached hydrogens (tertiary/aromatic N) is 1. The first kappa shape index (κ1) is 16.0. The number of rotatable bonds is 4. The van der Waals surface area contributed by atoms with Gasteiger partial charge in [-0.05, 0) is 36.4 Å². The number of halogens is 2. The zero-order chi connectivity index (χ0) is 16.1. The molecule has 114 valence electrons. The second-order valence-electron chi connectivity index (χ2n) is 4.25. The van der Waals surface area contributed by atoms with Crippen LogP contribution in [0.15, 0.2) is 46.0 Å². The van der Waals surface area contributed by atoms with Gasteiger partial charge < -0.3 is 9.84 Å². The lowest BCUT2D eigenvalue weighted by Crippen LogP contribution is -2.17. The molecular formula is C15H12BrFN2O3. The third-order valence-electron chi connectivity index (χ3n) is 2.77. The minimum absolute atomic E-state index is 0.0921. The maximum Gasteiger partial charge on any atom is 0.271 e. The Bertz CT molecular complexity index is 717. The number of hydrogen-bond donors (Lipinski definition) is 2. The lowest BCUT2D eigenvalue weighted by molar-refractivity contribution is 0.0955. The molecule has 0 aromatic heterocycles. The molecule has 0 saturated carbocycles. The molecule has 0 atom stereocenters. The van der Waals surface area contributed by atoms with Gasteiger partial charge in [-0.3, -0.25) is 4.79 Å². The Morgan fingerprint density at radius 3 is 2.68 bits per heavy atom. The van der Waals surface area contributed by atoms with Crippen LogP contribution in [-0.2, 0) is 0 Å². The first-order valence-corrected chi connectivity index (χ1v) is 6.96. The fourth-order valence-corrected chi connectivity index (χ4v) is 2.13. The van der Waals surface area contributed by atoms with E-state index >= 15 is 0 Å². The first-order valence-electron chi connectivity index (χ1n) is 6.16. The van der Waals surface area contributed by atoms with E-state index in [0.717, 1.165) is 0 Å². The number of carbonyl (C=O) groups is 1. The zero-order valence-electron chi connectivity index (χ0n) is 11.5. The van der Waals surface area contributed by atoms with E-state index in [-0.39, 0.29) is 17.1 Å². The lowest BCUT2D eigenvalue weighted by Gasteiger charge is -2.06. The summed E-state index contributed by atoms with van der Waals surface area (Å²) in [4.78, 5) is 11.8. The molecular weight excluding hydrogens is 355 g/mol. The Hall–Kier alpha value is -2.41. The summed E-state index contributed by atoms with van der Waals surface area (Å²) in [7, 11) is 1.43. The van der Waals surface area contributed by atoms with Crippen LogP contribution >= 0.6 is 15.9 Å². The van der Waals surface area contributed by atoms with Gasteiger partial charge in [-0.15, -0.1) is 0 Å². The smallest absolute Gasteiger partial charge is 0.271 e. The summed E-state index contributed by atoms with van der Waals surface area (Å²) < 4.78 is 18.5. The Kier molecular flexibility index (Phi) is 5.11. The van der Waals surface area contributed by atoms with E-state index in [9.17, 15) is 14.3 Å². The Labute approximate surface area is 134 Å². The van der Waals surface area contributed by atoms with Gasteiger partial charge in [0, 0.05) is 15.6 Å². The second-order valence-corrected chi connectivity index (χ2v) is 5.17. The maximum atomic E-state index is 12.8. The van der Waals surface area contributed by atoms with Crippen LogP contribution in [0.3, 0.4) is 0 Å². The predicted molar refractivity (Wildman–Crippen MR) is 83.8 cm³/mol. The average molecular weight is 367 g/mol. The van der Waals surface area contributed by atoms with Crippen molar-refractivity contribution in [3.05, 3.63) is 57.8 Å². The highest BCUT2D eigenvalue weighted by atomic mass is 79.9. The van der Waals surface area contributed by atoms with Gasteiger partial charge in [-0.1, -0.05) is 15.9 Å². The number of aromatic hydroxyl groups is 1. The molecule has 0 spiro atoms. The Morgan fingerprint density at radius 2 is 2.05 bits per heavy atom. The van der Waals surface area contributed by atoms with Crippen molar-refractivity contribution in [2.75, 3.05) is 7.11 Å². The molecule has 0 bridgehead atoms. The number of hydrogen-bond acceptors (Lipinski definition) is 4. The van der Waals surface area contributed by atoms with Gasteiger partial charge >= 0.3 is 0 Å². The molecule has 0 radical (unpaired) electrons. The maximum absolute atomic E-state index is 12.8. The number of methoxy groups -OCH3 is 1. The summed E-state index contributed by atoms with van der Waals surface area (Å²) in [5.74, 6) is -0.727. The van der Waals surface area contributed by atoms with E-state index in [1.807, 2.05) is 0 Å². The molecule has 2 N–H and O–H groups in total. The van der Waals surface area contributed by atoms with Crippen LogP contribution in [0.25, 0.3) is 0 Å². The van der Waals surface area contributed by atoms with Crippen LogP contribution in [-0.4, -0.2) is 24.3 Å². The van der Waals surface area contributed by atoms with Gasteiger partial charge in [0.2, 0.25) is 0 Å². The van der Waals surface area contributed by atoms with Gasteiger partial charge in [0.15, 0.2) is 11.5 Å². The highest BCUT2D eigenvalue weighted by Crippen LogP contribution is 2.32. The molecule has 0 aliphatic carbocycles. The molecule has 0 fully saturated rings. The lowest BCUT2D eigenvalue weighted by atomic mass is 10.2. The summed E-state index contributed by atoms with van der Waals surface area (Å²) in [6, 6.07) is 8.28. The molecule has 2 aromatic rings. The summed E-state index contributed by atoms with van der Waals surface area (Å²) >= 11 is 3.28. The standard InChI is InChI=1S/C15H12BrFN2O3/c1-22-13-7-11(16)6-10(14(13)20)8-18-19-15(21)9-2-4-12(17)5-3-9/h2-8,20H,1H3,(H,19,21)/b18-8+. The van der Waals surface area contributed by atoms with Gasteiger partial charge in [0.05, 0.1) is 13.3 Å². The number of benzene rings is 2. The van der Waals surface area contributed by atoms with Crippen LogP contribution in [0.4, 0.5) is 4.39 Å². The number of phenols is 1. The minimum Gasteiger partial charge on any atom is -0.504 e. The van der Waals surface area contributed by atoms with Crippen LogP contribution < -0.4 is 10.2 Å². The highest BCUT2D eigenvalue weighted by Gasteiger charge is 2.08. The van der Waals surface area contributed by atoms with Gasteiger partial charge in [-0.25, -0.2) is 9.82 Å². The van der Waals surface area contributed by atoms with Crippen LogP contribution in [0.5, 0.6) is 11.5 Å². The monoisotopic (exact) mass is 366 g/mol. The quantitative estimate of drug-likeness (QED) is 0.645. The molecule has 2 aromatic carbocycles. The van der Waals surface area contributed by atoms with E-state index in [1.54, 1.807) is 12.1 Å². The molecule has 0 aliphatic rings. The summed E-state index contributed by atoms with van der Waals surface area (Å²) in [5, 5.41) is 13.7. The molecule has 1 amide bonds. The van der Waals surface area contributed by atoms with Crippen LogP contribution in [0, 0.1) is 5.82 Å². The first-order chi connectivity index (χ1) is 10.5. The van der Waals surface area contributed by atoms with Crippen molar-refractivity contribution < 1.29 is 19.0 Å². The van der Waals surface area contributed by atoms with E-state index in [0.29, 0.717) is 10.0 Å². The Balaban J connectivity index is 2.11. The molecule has 5 nitrogen and oxygen atoms in total. The van der Waals surface area contributed by atoms with Gasteiger partial charge in [0.25, 0.3) is 5.91 Å². The molecule has 0 unspecified atom stereocenters. The molecule has 2 rings (SSSR count). The van der Waals surface area contributed by atoms with Crippen molar-refractivity contribution in [1.29, 1.82) is 0 Å². The minimum atomic E-state index is -0.488. The normalized spacial score (nSPS) is 10.7. The number of nitrogens with one attached hydrogen (secondary N) is 1. The molecule has 22 heavy (non-hydrogen) atoms. The third-order valence-corrected chi connectivity index (χ3v) is 3.22. The molecule has 0 saturated heterocycles. The van der Waals surface area contributed by atoms with Crippen molar-refractivity contribution in [2.24, 2.45) is 5.10 Å². The van der Waals surface area contributed by atoms with Crippen LogP contribution in [0.1, 0.15) is 15.9 Å². The number of ether oxygens (including phenoxy) is 1. The number of hydrazone groups is 1. The van der Waals surface area contributed by atoms with Gasteiger partial charge in [-0.2, -0.15) is 5.10 Å². The summed E-state index contributed by atoms with van der Waals surface area (Å²) in [6.45, 7) is 0. The van der Waals surface area contributed by atoms with Crippen LogP contribution in [0.2, 0.25) is 0 Å². The topological polar surface area (TPSA) is 70.9 Å². The molecule has 0 heterocycles. The van der Waals surface area contributed by atoms with E-state index < -0.39 is 11.7 Å². The van der Waals surface area contributed by atoms with E-state index in [2.05, 4.69) is 26.5 Å². The van der Waals surface area contributed by atoms with Crippen molar-refractivity contribution in [2.45, 2.75) is 0 Å². The highest BCUT2D eigenvalue weighted by molar-refractivity contribution is 9.10. The number of carbonyl (C=O) groups excluding carboxylic acids is 1. The van der Waals surface area contributed by atoms with Crippen molar-refractivity contribution in [1.82, 2.24) is 5.43 Å². The largest absolute Gasteiger partial charge is 0.504 e. The summed E-state index contributed by atoms with van der Waals surface area (Å²) in [5.41, 5.74) is 2.93. The average Bonchev–Trinajstić information content (AvgIpc) is 2.50. The van der Waals surface area contributed by atoms with Crippen molar-refractivity contribution in [3.8, 4) is 11.5 Å². The molecule has 0 aliphatic heterocycles. The van der Waals surface area contributed by atoms with Crippen molar-refractivity contribution >= 4 is 28.1 Å². The van der Waals surface area contributed by atoms with E-state index in [1.165, 1.54) is 37.6 Å². The fourth-order valence-electron chi connectivity index (χ4n) is 1.67. The van der Waals surface area contributed by atoms with Gasteiger partial charge in [0.1, 0.15) is 5.82 Å². The second kappa shape index (κ2) is 7.04. The number of phenolic OH excluding ortho intramolecular Hbond substituents is 1. The zero-order valence-corrected chi connectivity index (χ0v) is 13.1. The predicted octanol–water partition coefficient (Wildman–Crippen LogP) is 3.07. The Morgan fingerprint density at radius 1 is 1.36 bits per heavy atom. The van der Waals surface area contributed by atoms with Crippen molar-refractivity contribution in [3.63, 3.8) is 0 Å². The SMILES string of the molecule is COc1cc(Br)cc(/C=N/NC(=O)c2ccc(F)cc2)c1O. The van der Waals surface area contributed by atoms with E-state index in [4.69, 9.17) is 4.74 Å². The summed E-state index contributed by atoms with van der Waals surface area (Å²) in [6.07, 6.45) is 1.28. The molecule has 7 heteroatoms. The number of amides is 1. The fraction of sp³-hybridized carbons (Fsp3) is 0.0667. The third kappa shape index (κ3) is 3.82.